The second-order valence-corrected chi connectivity index (χ2v) is 6.99. The molecule has 0 saturated heterocycles. The van der Waals surface area contributed by atoms with E-state index in [-0.39, 0.29) is 12.5 Å². The molecule has 4 aromatic rings. The highest BCUT2D eigenvalue weighted by molar-refractivity contribution is 7.15. The minimum Gasteiger partial charge on any atom is -0.350 e. The molecule has 0 aliphatic carbocycles. The van der Waals surface area contributed by atoms with Crippen LogP contribution in [0.25, 0.3) is 21.6 Å². The number of fused-ring (bicyclic) bond motifs is 1. The Morgan fingerprint density at radius 2 is 2.12 bits per heavy atom. The molecule has 0 spiro atoms. The number of carbonyl (C=O) groups is 1. The average molecular weight is 363 g/mol. The summed E-state index contributed by atoms with van der Waals surface area (Å²) in [6.07, 6.45) is 5.23. The number of aryl methyl sites for hydroxylation is 1. The van der Waals surface area contributed by atoms with Crippen LogP contribution in [-0.4, -0.2) is 25.4 Å². The molecule has 0 saturated carbocycles. The maximum atomic E-state index is 12.3. The predicted molar refractivity (Wildman–Crippen MR) is 102 cm³/mol. The molecule has 0 fully saturated rings. The van der Waals surface area contributed by atoms with Gasteiger partial charge in [0.15, 0.2) is 0 Å². The summed E-state index contributed by atoms with van der Waals surface area (Å²) < 4.78 is 1.85. The van der Waals surface area contributed by atoms with Gasteiger partial charge >= 0.3 is 0 Å². The molecule has 130 valence electrons. The van der Waals surface area contributed by atoms with Crippen LogP contribution in [0, 0.1) is 6.92 Å². The second kappa shape index (κ2) is 7.05. The summed E-state index contributed by atoms with van der Waals surface area (Å²) in [6, 6.07) is 11.7. The molecule has 4 rings (SSSR count). The minimum absolute atomic E-state index is 0.0520. The zero-order valence-electron chi connectivity index (χ0n) is 14.2. The minimum atomic E-state index is -0.0520. The number of carbonyl (C=O) groups excluding carboxylic acids is 1. The molecule has 6 nitrogen and oxygen atoms in total. The third kappa shape index (κ3) is 3.34. The third-order valence-corrected chi connectivity index (χ3v) is 5.30. The van der Waals surface area contributed by atoms with Gasteiger partial charge in [-0.1, -0.05) is 12.1 Å². The molecule has 0 radical (unpaired) electrons. The molecule has 7 heteroatoms. The lowest BCUT2D eigenvalue weighted by atomic mass is 10.3. The van der Waals surface area contributed by atoms with Gasteiger partial charge in [0.25, 0.3) is 0 Å². The lowest BCUT2D eigenvalue weighted by molar-refractivity contribution is -0.121. The zero-order valence-corrected chi connectivity index (χ0v) is 15.0. The van der Waals surface area contributed by atoms with Crippen molar-refractivity contribution < 1.29 is 4.79 Å². The lowest BCUT2D eigenvalue weighted by Gasteiger charge is -2.06. The Hall–Kier alpha value is -3.06. The number of benzene rings is 1. The van der Waals surface area contributed by atoms with Gasteiger partial charge in [-0.25, -0.2) is 9.97 Å². The number of aromatic nitrogens is 4. The second-order valence-electron chi connectivity index (χ2n) is 5.91. The monoisotopic (exact) mass is 363 g/mol. The first kappa shape index (κ1) is 16.4. The third-order valence-electron chi connectivity index (χ3n) is 4.09. The van der Waals surface area contributed by atoms with Gasteiger partial charge in [0, 0.05) is 22.8 Å². The van der Waals surface area contributed by atoms with E-state index in [4.69, 9.17) is 0 Å². The number of hydrogen-bond donors (Lipinski definition) is 1. The fraction of sp³-hybridized carbons (Fsp3) is 0.158. The van der Waals surface area contributed by atoms with Crippen LogP contribution in [0.5, 0.6) is 0 Å². The Balaban J connectivity index is 1.42. The number of hydrogen-bond acceptors (Lipinski definition) is 5. The van der Waals surface area contributed by atoms with E-state index in [1.165, 1.54) is 0 Å². The van der Waals surface area contributed by atoms with E-state index in [1.807, 2.05) is 47.9 Å². The van der Waals surface area contributed by atoms with Crippen molar-refractivity contribution in [2.24, 2.45) is 0 Å². The molecule has 1 N–H and O–H groups in total. The zero-order chi connectivity index (χ0) is 17.9. The maximum absolute atomic E-state index is 12.3. The van der Waals surface area contributed by atoms with Crippen LogP contribution >= 0.6 is 11.3 Å². The summed E-state index contributed by atoms with van der Waals surface area (Å²) in [5.41, 5.74) is 3.76. The molecule has 0 unspecified atom stereocenters. The van der Waals surface area contributed by atoms with Crippen molar-refractivity contribution in [2.45, 2.75) is 20.0 Å². The van der Waals surface area contributed by atoms with Crippen LogP contribution in [0.3, 0.4) is 0 Å². The van der Waals surface area contributed by atoms with Crippen LogP contribution in [0.15, 0.2) is 55.1 Å². The molecule has 26 heavy (non-hydrogen) atoms. The molecule has 3 heterocycles. The first-order chi connectivity index (χ1) is 12.7. The summed E-state index contributed by atoms with van der Waals surface area (Å²) in [5.74, 6) is -0.0520. The van der Waals surface area contributed by atoms with Gasteiger partial charge in [-0.15, -0.1) is 11.3 Å². The molecule has 0 aliphatic heterocycles. The van der Waals surface area contributed by atoms with Gasteiger partial charge in [-0.3, -0.25) is 9.78 Å². The summed E-state index contributed by atoms with van der Waals surface area (Å²) >= 11 is 1.58. The van der Waals surface area contributed by atoms with Crippen molar-refractivity contribution >= 4 is 28.3 Å². The normalized spacial score (nSPS) is 11.0. The lowest BCUT2D eigenvalue weighted by Crippen LogP contribution is -2.26. The summed E-state index contributed by atoms with van der Waals surface area (Å²) in [6.45, 7) is 2.67. The first-order valence-electron chi connectivity index (χ1n) is 8.24. The Bertz CT molecular complexity index is 1050. The van der Waals surface area contributed by atoms with Gasteiger partial charge in [0.1, 0.15) is 11.6 Å². The highest BCUT2D eigenvalue weighted by Crippen LogP contribution is 2.27. The Kier molecular flexibility index (Phi) is 4.45. The van der Waals surface area contributed by atoms with Crippen LogP contribution < -0.4 is 5.32 Å². The van der Waals surface area contributed by atoms with Crippen molar-refractivity contribution in [3.05, 3.63) is 65.7 Å². The number of imidazole rings is 1. The Morgan fingerprint density at radius 3 is 2.96 bits per heavy atom. The van der Waals surface area contributed by atoms with Crippen molar-refractivity contribution in [2.75, 3.05) is 0 Å². The highest BCUT2D eigenvalue weighted by Gasteiger charge is 2.12. The number of nitrogens with one attached hydrogen (secondary N) is 1. The predicted octanol–water partition coefficient (Wildman–Crippen LogP) is 3.18. The van der Waals surface area contributed by atoms with E-state index in [0.717, 1.165) is 32.2 Å². The average Bonchev–Trinajstić information content (AvgIpc) is 3.25. The smallest absolute Gasteiger partial charge is 0.240 e. The van der Waals surface area contributed by atoms with Crippen LogP contribution in [-0.2, 0) is 17.9 Å². The summed E-state index contributed by atoms with van der Waals surface area (Å²) in [5, 5.41) is 3.89. The highest BCUT2D eigenvalue weighted by atomic mass is 32.1. The van der Waals surface area contributed by atoms with Gasteiger partial charge in [-0.05, 0) is 31.2 Å². The van der Waals surface area contributed by atoms with Crippen molar-refractivity contribution in [3.8, 4) is 10.6 Å². The molecule has 0 atom stereocenters. The summed E-state index contributed by atoms with van der Waals surface area (Å²) in [7, 11) is 0. The van der Waals surface area contributed by atoms with E-state index in [0.29, 0.717) is 6.54 Å². The number of amides is 1. The fourth-order valence-electron chi connectivity index (χ4n) is 2.73. The SMILES string of the molecule is Cc1nc(-c2cccnc2)sc1CNC(=O)Cn1cnc2ccccc21. The molecular formula is C19H17N5OS. The van der Waals surface area contributed by atoms with Crippen molar-refractivity contribution in [1.29, 1.82) is 0 Å². The van der Waals surface area contributed by atoms with Gasteiger partial charge in [0.2, 0.25) is 5.91 Å². The molecule has 3 aromatic heterocycles. The molecule has 0 aliphatic rings. The quantitative estimate of drug-likeness (QED) is 0.591. The number of nitrogens with zero attached hydrogens (tertiary/aromatic N) is 4. The van der Waals surface area contributed by atoms with Gasteiger partial charge in [0.05, 0.1) is 29.6 Å². The largest absolute Gasteiger partial charge is 0.350 e. The van der Waals surface area contributed by atoms with Crippen LogP contribution in [0.4, 0.5) is 0 Å². The Morgan fingerprint density at radius 1 is 1.23 bits per heavy atom. The van der Waals surface area contributed by atoms with E-state index in [9.17, 15) is 4.79 Å². The number of thiazole rings is 1. The molecular weight excluding hydrogens is 346 g/mol. The van der Waals surface area contributed by atoms with Gasteiger partial charge in [-0.2, -0.15) is 0 Å². The number of pyridine rings is 1. The van der Waals surface area contributed by atoms with E-state index in [1.54, 1.807) is 30.1 Å². The van der Waals surface area contributed by atoms with E-state index < -0.39 is 0 Å². The summed E-state index contributed by atoms with van der Waals surface area (Å²) in [4.78, 5) is 26.4. The Labute approximate surface area is 154 Å². The van der Waals surface area contributed by atoms with Crippen molar-refractivity contribution in [3.63, 3.8) is 0 Å². The standard InChI is InChI=1S/C19H17N5OS/c1-13-17(26-19(23-13)14-5-4-8-20-9-14)10-21-18(25)11-24-12-22-15-6-2-3-7-16(15)24/h2-9,12H,10-11H2,1H3,(H,21,25). The molecule has 1 aromatic carbocycles. The van der Waals surface area contributed by atoms with Gasteiger partial charge < -0.3 is 9.88 Å². The molecule has 0 bridgehead atoms. The van der Waals surface area contributed by atoms with Crippen molar-refractivity contribution in [1.82, 2.24) is 24.8 Å². The number of rotatable bonds is 5. The maximum Gasteiger partial charge on any atom is 0.240 e. The molecule has 1 amide bonds. The first-order valence-corrected chi connectivity index (χ1v) is 9.05. The topological polar surface area (TPSA) is 72.7 Å². The van der Waals surface area contributed by atoms with E-state index >= 15 is 0 Å². The van der Waals surface area contributed by atoms with Crippen LogP contribution in [0.2, 0.25) is 0 Å². The van der Waals surface area contributed by atoms with E-state index in [2.05, 4.69) is 20.3 Å². The fourth-order valence-corrected chi connectivity index (χ4v) is 3.72. The van der Waals surface area contributed by atoms with Crippen LogP contribution in [0.1, 0.15) is 10.6 Å². The number of para-hydroxylation sites is 2.